The maximum atomic E-state index is 13.8. The number of hydrogen-bond donors (Lipinski definition) is 1. The average molecular weight is 498 g/mol. The number of anilines is 1. The number of carbonyl (C=O) groups is 2. The minimum atomic E-state index is -0.684. The second-order valence-electron chi connectivity index (χ2n) is 9.57. The van der Waals surface area contributed by atoms with Gasteiger partial charge in [0.25, 0.3) is 5.91 Å². The number of amides is 2. The highest BCUT2D eigenvalue weighted by molar-refractivity contribution is 6.01. The molecule has 0 aliphatic heterocycles. The van der Waals surface area contributed by atoms with Gasteiger partial charge in [0.05, 0.1) is 17.4 Å². The van der Waals surface area contributed by atoms with Crippen molar-refractivity contribution in [3.63, 3.8) is 0 Å². The summed E-state index contributed by atoms with van der Waals surface area (Å²) in [4.78, 5) is 34.5. The Balaban J connectivity index is 1.44. The van der Waals surface area contributed by atoms with Crippen molar-refractivity contribution in [2.75, 3.05) is 4.90 Å². The molecule has 2 heterocycles. The lowest BCUT2D eigenvalue weighted by Gasteiger charge is -2.31. The summed E-state index contributed by atoms with van der Waals surface area (Å²) in [5.74, 6) is -0.0149. The summed E-state index contributed by atoms with van der Waals surface area (Å²) in [6, 6.07) is 16.9. The van der Waals surface area contributed by atoms with Crippen LogP contribution in [-0.2, 0) is 16.1 Å². The Bertz CT molecular complexity index is 1390. The molecule has 0 spiro atoms. The zero-order valence-corrected chi connectivity index (χ0v) is 21.2. The predicted molar refractivity (Wildman–Crippen MR) is 142 cm³/mol. The van der Waals surface area contributed by atoms with Gasteiger partial charge in [-0.15, -0.1) is 10.2 Å². The van der Waals surface area contributed by atoms with Crippen molar-refractivity contribution in [1.82, 2.24) is 30.5 Å². The van der Waals surface area contributed by atoms with Gasteiger partial charge in [0.15, 0.2) is 0 Å². The molecule has 1 aliphatic rings. The molecule has 4 aromatic rings. The third-order valence-corrected chi connectivity index (χ3v) is 6.86. The first-order chi connectivity index (χ1) is 18.0. The van der Waals surface area contributed by atoms with E-state index in [1.165, 1.54) is 4.80 Å². The van der Waals surface area contributed by atoms with Gasteiger partial charge in [0.2, 0.25) is 11.7 Å². The van der Waals surface area contributed by atoms with E-state index in [2.05, 4.69) is 25.7 Å². The summed E-state index contributed by atoms with van der Waals surface area (Å²) >= 11 is 0. The molecule has 1 aliphatic carbocycles. The number of nitrogens with zero attached hydrogens (tertiary/aromatic N) is 6. The molecular formula is C28H31N7O2. The molecule has 1 saturated carbocycles. The third-order valence-electron chi connectivity index (χ3n) is 6.86. The molecule has 1 N–H and O–H groups in total. The van der Waals surface area contributed by atoms with E-state index in [0.717, 1.165) is 47.7 Å². The summed E-state index contributed by atoms with van der Waals surface area (Å²) in [5.41, 5.74) is 3.34. The first-order valence-electron chi connectivity index (χ1n) is 12.8. The number of aryl methyl sites for hydroxylation is 1. The highest BCUT2D eigenvalue weighted by atomic mass is 16.2. The molecule has 2 aromatic carbocycles. The fourth-order valence-corrected chi connectivity index (χ4v) is 4.87. The number of hydrogen-bond acceptors (Lipinski definition) is 6. The van der Waals surface area contributed by atoms with Crippen LogP contribution in [-0.4, -0.2) is 49.1 Å². The van der Waals surface area contributed by atoms with E-state index in [1.54, 1.807) is 11.1 Å². The number of para-hydroxylation sites is 1. The molecule has 2 amide bonds. The average Bonchev–Trinajstić information content (AvgIpc) is 3.59. The van der Waals surface area contributed by atoms with Gasteiger partial charge in [-0.05, 0) is 43.5 Å². The monoisotopic (exact) mass is 497 g/mol. The number of tetrazole rings is 1. The zero-order valence-electron chi connectivity index (χ0n) is 21.2. The minimum Gasteiger partial charge on any atom is -0.352 e. The highest BCUT2D eigenvalue weighted by Gasteiger charge is 2.32. The molecule has 2 aromatic heterocycles. The van der Waals surface area contributed by atoms with Gasteiger partial charge < -0.3 is 5.32 Å². The Labute approximate surface area is 215 Å². The predicted octanol–water partition coefficient (Wildman–Crippen LogP) is 4.07. The van der Waals surface area contributed by atoms with Gasteiger partial charge in [-0.25, -0.2) is 0 Å². The molecular weight excluding hydrogens is 466 g/mol. The van der Waals surface area contributed by atoms with E-state index in [4.69, 9.17) is 0 Å². The molecule has 5 rings (SSSR count). The van der Waals surface area contributed by atoms with Crippen molar-refractivity contribution in [1.29, 1.82) is 0 Å². The highest BCUT2D eigenvalue weighted by Crippen LogP contribution is 2.25. The molecule has 9 heteroatoms. The van der Waals surface area contributed by atoms with Crippen molar-refractivity contribution in [3.8, 4) is 11.4 Å². The SMILES string of the molecule is CCC(C(=O)NC1CCCC1)N(C(=O)Cn1nnc(-c2ccc(C)cc2)n1)c1cnc2ccccc2c1. The summed E-state index contributed by atoms with van der Waals surface area (Å²) in [6.45, 7) is 3.77. The van der Waals surface area contributed by atoms with Crippen LogP contribution in [0.5, 0.6) is 0 Å². The molecule has 0 saturated heterocycles. The Morgan fingerprint density at radius 2 is 1.86 bits per heavy atom. The lowest BCUT2D eigenvalue weighted by atomic mass is 10.1. The van der Waals surface area contributed by atoms with E-state index in [-0.39, 0.29) is 24.4 Å². The van der Waals surface area contributed by atoms with Crippen LogP contribution in [0.1, 0.15) is 44.6 Å². The van der Waals surface area contributed by atoms with Gasteiger partial charge >= 0.3 is 0 Å². The van der Waals surface area contributed by atoms with Crippen LogP contribution in [0.4, 0.5) is 5.69 Å². The summed E-state index contributed by atoms with van der Waals surface area (Å²) in [6.07, 6.45) is 6.27. The smallest absolute Gasteiger partial charge is 0.251 e. The van der Waals surface area contributed by atoms with E-state index < -0.39 is 6.04 Å². The van der Waals surface area contributed by atoms with Crippen LogP contribution in [0.3, 0.4) is 0 Å². The normalized spacial score (nSPS) is 14.5. The van der Waals surface area contributed by atoms with E-state index >= 15 is 0 Å². The standard InChI is InChI=1S/C28H31N7O2/c1-3-25(28(37)30-22-9-5-6-10-22)35(23-16-21-8-4-7-11-24(21)29-17-23)26(36)18-34-32-27(31-33-34)20-14-12-19(2)13-15-20/h4,7-8,11-17,22,25H,3,5-6,9-10,18H2,1-2H3,(H,30,37). The maximum Gasteiger partial charge on any atom is 0.251 e. The van der Waals surface area contributed by atoms with Crippen LogP contribution in [0.2, 0.25) is 0 Å². The zero-order chi connectivity index (χ0) is 25.8. The van der Waals surface area contributed by atoms with Crippen molar-refractivity contribution in [2.24, 2.45) is 0 Å². The van der Waals surface area contributed by atoms with Gasteiger partial charge in [-0.3, -0.25) is 19.5 Å². The number of benzene rings is 2. The third kappa shape index (κ3) is 5.50. The van der Waals surface area contributed by atoms with Crippen LogP contribution in [0.25, 0.3) is 22.3 Å². The largest absolute Gasteiger partial charge is 0.352 e. The molecule has 190 valence electrons. The molecule has 0 bridgehead atoms. The number of fused-ring (bicyclic) bond motifs is 1. The Kier molecular flexibility index (Phi) is 7.20. The second-order valence-corrected chi connectivity index (χ2v) is 9.57. The van der Waals surface area contributed by atoms with Crippen LogP contribution < -0.4 is 10.2 Å². The summed E-state index contributed by atoms with van der Waals surface area (Å²) < 4.78 is 0. The first-order valence-corrected chi connectivity index (χ1v) is 12.8. The number of pyridine rings is 1. The van der Waals surface area contributed by atoms with Gasteiger partial charge in [-0.1, -0.05) is 67.8 Å². The van der Waals surface area contributed by atoms with Gasteiger partial charge in [0.1, 0.15) is 12.6 Å². The quantitative estimate of drug-likeness (QED) is 0.393. The fraction of sp³-hybridized carbons (Fsp3) is 0.357. The maximum absolute atomic E-state index is 13.8. The molecule has 37 heavy (non-hydrogen) atoms. The van der Waals surface area contributed by atoms with Gasteiger partial charge in [-0.2, -0.15) is 4.80 Å². The number of aromatic nitrogens is 5. The van der Waals surface area contributed by atoms with E-state index in [0.29, 0.717) is 17.9 Å². The van der Waals surface area contributed by atoms with Gasteiger partial charge in [0, 0.05) is 17.0 Å². The molecule has 1 atom stereocenters. The summed E-state index contributed by atoms with van der Waals surface area (Å²) in [5, 5.41) is 16.7. The van der Waals surface area contributed by atoms with Crippen LogP contribution in [0, 0.1) is 6.92 Å². The van der Waals surface area contributed by atoms with Crippen molar-refractivity contribution in [3.05, 3.63) is 66.4 Å². The number of carbonyl (C=O) groups excluding carboxylic acids is 2. The number of nitrogens with one attached hydrogen (secondary N) is 1. The first kappa shape index (κ1) is 24.5. The second kappa shape index (κ2) is 10.9. The minimum absolute atomic E-state index is 0.150. The molecule has 0 radical (unpaired) electrons. The van der Waals surface area contributed by atoms with Crippen molar-refractivity contribution >= 4 is 28.4 Å². The van der Waals surface area contributed by atoms with Crippen molar-refractivity contribution < 1.29 is 9.59 Å². The summed E-state index contributed by atoms with van der Waals surface area (Å²) in [7, 11) is 0. The van der Waals surface area contributed by atoms with E-state index in [1.807, 2.05) is 68.4 Å². The molecule has 9 nitrogen and oxygen atoms in total. The Morgan fingerprint density at radius 3 is 2.62 bits per heavy atom. The fourth-order valence-electron chi connectivity index (χ4n) is 4.87. The van der Waals surface area contributed by atoms with Crippen molar-refractivity contribution in [2.45, 2.75) is 64.6 Å². The Morgan fingerprint density at radius 1 is 1.11 bits per heavy atom. The lowest BCUT2D eigenvalue weighted by molar-refractivity contribution is -0.127. The topological polar surface area (TPSA) is 106 Å². The van der Waals surface area contributed by atoms with Crippen LogP contribution in [0.15, 0.2) is 60.8 Å². The molecule has 1 unspecified atom stereocenters. The van der Waals surface area contributed by atoms with E-state index in [9.17, 15) is 9.59 Å². The Hall–Kier alpha value is -4.14. The number of rotatable bonds is 8. The van der Waals surface area contributed by atoms with Crippen LogP contribution >= 0.6 is 0 Å². The molecule has 1 fully saturated rings. The lowest BCUT2D eigenvalue weighted by Crippen LogP contribution is -2.52.